The Bertz CT molecular complexity index is 376. The molecule has 1 aromatic rings. The number of thiol groups is 1. The maximum Gasteiger partial charge on any atom is 0.0900 e. The van der Waals surface area contributed by atoms with Crippen molar-refractivity contribution < 1.29 is 4.74 Å². The van der Waals surface area contributed by atoms with Gasteiger partial charge in [-0.05, 0) is 24.3 Å². The maximum absolute atomic E-state index is 5.22. The second kappa shape index (κ2) is 5.37. The van der Waals surface area contributed by atoms with Crippen molar-refractivity contribution in [2.75, 3.05) is 23.9 Å². The van der Waals surface area contributed by atoms with Gasteiger partial charge in [0.1, 0.15) is 0 Å². The van der Waals surface area contributed by atoms with Crippen molar-refractivity contribution in [1.82, 2.24) is 0 Å². The van der Waals surface area contributed by atoms with Crippen molar-refractivity contribution in [2.45, 2.75) is 23.0 Å². The third kappa shape index (κ3) is 2.84. The standard InChI is InChI=1S/C12H16OS4/c14-8-12(3-4-16-12)11-2-1-10(17-11)7-15-6-9-5-13-9/h1-2,9,14H,3-8H2. The highest BCUT2D eigenvalue weighted by Gasteiger charge is 2.39. The van der Waals surface area contributed by atoms with E-state index in [-0.39, 0.29) is 0 Å². The molecule has 0 amide bonds. The monoisotopic (exact) mass is 304 g/mol. The lowest BCUT2D eigenvalue weighted by Crippen LogP contribution is -2.32. The van der Waals surface area contributed by atoms with E-state index in [2.05, 4.69) is 36.5 Å². The summed E-state index contributed by atoms with van der Waals surface area (Å²) in [5.74, 6) is 4.56. The molecule has 2 unspecified atom stereocenters. The van der Waals surface area contributed by atoms with Crippen LogP contribution in [0.1, 0.15) is 16.2 Å². The summed E-state index contributed by atoms with van der Waals surface area (Å²) < 4.78 is 5.56. The minimum absolute atomic E-state index is 0.344. The van der Waals surface area contributed by atoms with Gasteiger partial charge in [-0.25, -0.2) is 0 Å². The van der Waals surface area contributed by atoms with Gasteiger partial charge in [0.25, 0.3) is 0 Å². The summed E-state index contributed by atoms with van der Waals surface area (Å²) in [6, 6.07) is 4.61. The lowest BCUT2D eigenvalue weighted by molar-refractivity contribution is 0.426. The summed E-state index contributed by atoms with van der Waals surface area (Å²) in [7, 11) is 0. The Morgan fingerprint density at radius 3 is 2.94 bits per heavy atom. The molecule has 2 atom stereocenters. The van der Waals surface area contributed by atoms with Crippen LogP contribution in [0.3, 0.4) is 0 Å². The van der Waals surface area contributed by atoms with Gasteiger partial charge in [-0.15, -0.1) is 23.1 Å². The number of thiophene rings is 1. The maximum atomic E-state index is 5.22. The Labute approximate surface area is 120 Å². The molecule has 17 heavy (non-hydrogen) atoms. The van der Waals surface area contributed by atoms with E-state index in [1.165, 1.54) is 21.9 Å². The van der Waals surface area contributed by atoms with Gasteiger partial charge in [-0.1, -0.05) is 0 Å². The number of hydrogen-bond donors (Lipinski definition) is 1. The molecule has 2 aliphatic rings. The van der Waals surface area contributed by atoms with Gasteiger partial charge in [0, 0.05) is 27.0 Å². The molecule has 1 aromatic heterocycles. The second-order valence-corrected chi connectivity index (χ2v) is 8.48. The summed E-state index contributed by atoms with van der Waals surface area (Å²) in [5, 5.41) is 0. The first-order valence-corrected chi connectivity index (χ1v) is 9.45. The fourth-order valence-corrected chi connectivity index (χ4v) is 6.18. The first kappa shape index (κ1) is 12.7. The molecular weight excluding hydrogens is 288 g/mol. The van der Waals surface area contributed by atoms with Crippen molar-refractivity contribution in [2.24, 2.45) is 0 Å². The zero-order valence-electron chi connectivity index (χ0n) is 9.55. The third-order valence-electron chi connectivity index (χ3n) is 3.20. The second-order valence-electron chi connectivity index (χ2n) is 4.49. The van der Waals surface area contributed by atoms with Gasteiger partial charge < -0.3 is 4.74 Å². The highest BCUT2D eigenvalue weighted by atomic mass is 32.2. The molecule has 0 radical (unpaired) electrons. The van der Waals surface area contributed by atoms with Gasteiger partial charge in [-0.3, -0.25) is 0 Å². The molecule has 5 heteroatoms. The van der Waals surface area contributed by atoms with Crippen LogP contribution in [-0.2, 0) is 15.2 Å². The molecule has 0 N–H and O–H groups in total. The van der Waals surface area contributed by atoms with Crippen molar-refractivity contribution in [3.05, 3.63) is 21.9 Å². The largest absolute Gasteiger partial charge is 0.372 e. The van der Waals surface area contributed by atoms with Crippen LogP contribution >= 0.6 is 47.5 Å². The fourth-order valence-electron chi connectivity index (χ4n) is 1.90. The van der Waals surface area contributed by atoms with Crippen molar-refractivity contribution in [1.29, 1.82) is 0 Å². The summed E-state index contributed by atoms with van der Waals surface area (Å²) in [6.45, 7) is 0.974. The predicted molar refractivity (Wildman–Crippen MR) is 82.8 cm³/mol. The lowest BCUT2D eigenvalue weighted by atomic mass is 10.1. The molecule has 94 valence electrons. The Hall–Kier alpha value is 0.710. The van der Waals surface area contributed by atoms with Crippen LogP contribution in [0.5, 0.6) is 0 Å². The van der Waals surface area contributed by atoms with Gasteiger partial charge in [0.2, 0.25) is 0 Å². The summed E-state index contributed by atoms with van der Waals surface area (Å²) in [6.07, 6.45) is 1.84. The van der Waals surface area contributed by atoms with Crippen molar-refractivity contribution in [3.63, 3.8) is 0 Å². The van der Waals surface area contributed by atoms with E-state index in [4.69, 9.17) is 4.74 Å². The topological polar surface area (TPSA) is 12.5 Å². The molecule has 0 saturated carbocycles. The fraction of sp³-hybridized carbons (Fsp3) is 0.667. The number of ether oxygens (including phenoxy) is 1. The van der Waals surface area contributed by atoms with Crippen LogP contribution in [0.2, 0.25) is 0 Å². The number of rotatable bonds is 6. The minimum Gasteiger partial charge on any atom is -0.372 e. The summed E-state index contributed by atoms with van der Waals surface area (Å²) in [5.41, 5.74) is 0. The van der Waals surface area contributed by atoms with E-state index in [1.807, 2.05) is 23.1 Å². The van der Waals surface area contributed by atoms with E-state index in [0.717, 1.165) is 23.9 Å². The van der Waals surface area contributed by atoms with Gasteiger partial charge in [0.15, 0.2) is 0 Å². The smallest absolute Gasteiger partial charge is 0.0900 e. The van der Waals surface area contributed by atoms with E-state index in [1.54, 1.807) is 0 Å². The van der Waals surface area contributed by atoms with Crippen LogP contribution in [0.4, 0.5) is 0 Å². The summed E-state index contributed by atoms with van der Waals surface area (Å²) >= 11 is 10.6. The lowest BCUT2D eigenvalue weighted by Gasteiger charge is -2.39. The molecule has 0 bridgehead atoms. The average molecular weight is 305 g/mol. The molecule has 0 spiro atoms. The van der Waals surface area contributed by atoms with Crippen LogP contribution < -0.4 is 0 Å². The number of epoxide rings is 1. The zero-order chi connectivity index (χ0) is 11.7. The molecular formula is C12H16OS4. The van der Waals surface area contributed by atoms with E-state index < -0.39 is 0 Å². The first-order valence-electron chi connectivity index (χ1n) is 5.86. The molecule has 0 aromatic carbocycles. The van der Waals surface area contributed by atoms with E-state index in [9.17, 15) is 0 Å². The number of thioether (sulfide) groups is 2. The van der Waals surface area contributed by atoms with Gasteiger partial charge >= 0.3 is 0 Å². The molecule has 2 aliphatic heterocycles. The third-order valence-corrected chi connectivity index (χ3v) is 8.21. The van der Waals surface area contributed by atoms with Crippen molar-refractivity contribution >= 4 is 47.5 Å². The Kier molecular flexibility index (Phi) is 4.02. The molecule has 2 saturated heterocycles. The first-order chi connectivity index (χ1) is 8.32. The molecule has 2 fully saturated rings. The molecule has 3 heterocycles. The highest BCUT2D eigenvalue weighted by Crippen LogP contribution is 2.52. The van der Waals surface area contributed by atoms with Crippen LogP contribution in [-0.4, -0.2) is 30.0 Å². The molecule has 0 aliphatic carbocycles. The van der Waals surface area contributed by atoms with E-state index >= 15 is 0 Å². The van der Waals surface area contributed by atoms with E-state index in [0.29, 0.717) is 10.9 Å². The minimum atomic E-state index is 0.344. The Balaban J connectivity index is 1.57. The SMILES string of the molecule is SCC1(c2ccc(CSCC3CO3)s2)CCS1. The van der Waals surface area contributed by atoms with Crippen molar-refractivity contribution in [3.8, 4) is 0 Å². The van der Waals surface area contributed by atoms with Gasteiger partial charge in [0.05, 0.1) is 17.5 Å². The van der Waals surface area contributed by atoms with Crippen LogP contribution in [0.15, 0.2) is 12.1 Å². The highest BCUT2D eigenvalue weighted by molar-refractivity contribution is 8.02. The van der Waals surface area contributed by atoms with Crippen LogP contribution in [0, 0.1) is 0 Å². The summed E-state index contributed by atoms with van der Waals surface area (Å²) in [4.78, 5) is 3.03. The van der Waals surface area contributed by atoms with Gasteiger partial charge in [-0.2, -0.15) is 24.4 Å². The predicted octanol–water partition coefficient (Wildman–Crippen LogP) is 3.64. The average Bonchev–Trinajstić information content (AvgIpc) is 2.97. The molecule has 1 nitrogen and oxygen atoms in total. The number of hydrogen-bond acceptors (Lipinski definition) is 5. The zero-order valence-corrected chi connectivity index (χ0v) is 12.9. The normalized spacial score (nSPS) is 31.2. The molecule has 3 rings (SSSR count). The Morgan fingerprint density at radius 2 is 2.35 bits per heavy atom. The Morgan fingerprint density at radius 1 is 1.53 bits per heavy atom. The van der Waals surface area contributed by atoms with Crippen LogP contribution in [0.25, 0.3) is 0 Å². The quantitative estimate of drug-likeness (QED) is 0.637.